The van der Waals surface area contributed by atoms with E-state index in [0.717, 1.165) is 6.54 Å². The Kier molecular flexibility index (Phi) is 5.44. The molecular weight excluding hydrogens is 176 g/mol. The van der Waals surface area contributed by atoms with Crippen molar-refractivity contribution in [1.29, 1.82) is 0 Å². The average molecular weight is 194 g/mol. The molecule has 0 heterocycles. The van der Waals surface area contributed by atoms with Crippen LogP contribution in [0.2, 0.25) is 0 Å². The molecule has 0 amide bonds. The standard InChI is InChI=1S/C7H18N2O2S/c1-4-7-12(10,11)8-5-6-9(2)3/h8H,4-7H2,1-3H3. The van der Waals surface area contributed by atoms with E-state index in [2.05, 4.69) is 4.72 Å². The van der Waals surface area contributed by atoms with Crippen LogP contribution in [-0.2, 0) is 10.0 Å². The molecule has 74 valence electrons. The highest BCUT2D eigenvalue weighted by molar-refractivity contribution is 7.89. The van der Waals surface area contributed by atoms with Crippen LogP contribution < -0.4 is 4.72 Å². The molecule has 0 aromatic heterocycles. The molecule has 0 saturated heterocycles. The summed E-state index contributed by atoms with van der Waals surface area (Å²) in [4.78, 5) is 1.94. The van der Waals surface area contributed by atoms with Crippen molar-refractivity contribution in [3.63, 3.8) is 0 Å². The molecule has 0 atom stereocenters. The van der Waals surface area contributed by atoms with Gasteiger partial charge in [0.2, 0.25) is 10.0 Å². The van der Waals surface area contributed by atoms with Gasteiger partial charge in [-0.1, -0.05) is 6.92 Å². The number of nitrogens with one attached hydrogen (secondary N) is 1. The molecule has 1 N–H and O–H groups in total. The van der Waals surface area contributed by atoms with E-state index in [1.54, 1.807) is 0 Å². The largest absolute Gasteiger partial charge is 0.308 e. The molecule has 0 aromatic carbocycles. The quantitative estimate of drug-likeness (QED) is 0.641. The number of sulfonamides is 1. The second-order valence-electron chi connectivity index (χ2n) is 3.02. The topological polar surface area (TPSA) is 49.4 Å². The smallest absolute Gasteiger partial charge is 0.211 e. The summed E-state index contributed by atoms with van der Waals surface area (Å²) in [5, 5.41) is 0. The van der Waals surface area contributed by atoms with Crippen LogP contribution in [0.4, 0.5) is 0 Å². The summed E-state index contributed by atoms with van der Waals surface area (Å²) in [5.41, 5.74) is 0. The molecule has 4 nitrogen and oxygen atoms in total. The van der Waals surface area contributed by atoms with Crippen molar-refractivity contribution in [3.8, 4) is 0 Å². The van der Waals surface area contributed by atoms with Gasteiger partial charge in [-0.15, -0.1) is 0 Å². The highest BCUT2D eigenvalue weighted by Gasteiger charge is 2.06. The summed E-state index contributed by atoms with van der Waals surface area (Å²) in [5.74, 6) is 0.223. The highest BCUT2D eigenvalue weighted by atomic mass is 32.2. The van der Waals surface area contributed by atoms with Crippen molar-refractivity contribution < 1.29 is 8.42 Å². The van der Waals surface area contributed by atoms with E-state index < -0.39 is 10.0 Å². The lowest BCUT2D eigenvalue weighted by Crippen LogP contribution is -2.32. The predicted molar refractivity (Wildman–Crippen MR) is 50.6 cm³/mol. The van der Waals surface area contributed by atoms with Gasteiger partial charge in [-0.25, -0.2) is 13.1 Å². The zero-order valence-electron chi connectivity index (χ0n) is 8.00. The first-order valence-electron chi connectivity index (χ1n) is 4.10. The molecule has 0 fully saturated rings. The minimum absolute atomic E-state index is 0.223. The first kappa shape index (κ1) is 11.9. The predicted octanol–water partition coefficient (Wildman–Crippen LogP) is -0.123. The van der Waals surface area contributed by atoms with Crippen molar-refractivity contribution in [1.82, 2.24) is 9.62 Å². The van der Waals surface area contributed by atoms with Crippen LogP contribution in [0, 0.1) is 0 Å². The molecule has 12 heavy (non-hydrogen) atoms. The summed E-state index contributed by atoms with van der Waals surface area (Å²) in [6, 6.07) is 0. The zero-order valence-corrected chi connectivity index (χ0v) is 8.82. The molecule has 0 aliphatic heterocycles. The number of nitrogens with zero attached hydrogens (tertiary/aromatic N) is 1. The van der Waals surface area contributed by atoms with Gasteiger partial charge in [0.25, 0.3) is 0 Å². The molecule has 0 saturated carbocycles. The van der Waals surface area contributed by atoms with E-state index in [9.17, 15) is 8.42 Å². The maximum atomic E-state index is 11.1. The third kappa shape index (κ3) is 6.57. The first-order valence-corrected chi connectivity index (χ1v) is 5.75. The van der Waals surface area contributed by atoms with E-state index in [1.807, 2.05) is 25.9 Å². The lowest BCUT2D eigenvalue weighted by atomic mass is 10.6. The molecule has 0 rings (SSSR count). The Labute approximate surface area is 75.0 Å². The number of likely N-dealkylation sites (N-methyl/N-ethyl adjacent to an activating group) is 1. The van der Waals surface area contributed by atoms with Gasteiger partial charge in [-0.3, -0.25) is 0 Å². The number of hydrogen-bond acceptors (Lipinski definition) is 3. The van der Waals surface area contributed by atoms with Crippen LogP contribution >= 0.6 is 0 Å². The van der Waals surface area contributed by atoms with Gasteiger partial charge >= 0.3 is 0 Å². The first-order chi connectivity index (χ1) is 5.48. The van der Waals surface area contributed by atoms with Crippen LogP contribution in [0.5, 0.6) is 0 Å². The van der Waals surface area contributed by atoms with Gasteiger partial charge in [0.15, 0.2) is 0 Å². The van der Waals surface area contributed by atoms with Gasteiger partial charge < -0.3 is 4.90 Å². The third-order valence-electron chi connectivity index (χ3n) is 1.35. The molecule has 0 aliphatic rings. The van der Waals surface area contributed by atoms with E-state index in [-0.39, 0.29) is 5.75 Å². The Morgan fingerprint density at radius 1 is 1.33 bits per heavy atom. The van der Waals surface area contributed by atoms with Crippen molar-refractivity contribution >= 4 is 10.0 Å². The Hall–Kier alpha value is -0.130. The van der Waals surface area contributed by atoms with Crippen LogP contribution in [0.15, 0.2) is 0 Å². The van der Waals surface area contributed by atoms with E-state index in [4.69, 9.17) is 0 Å². The normalized spacial score (nSPS) is 12.3. The molecule has 0 aromatic rings. The maximum Gasteiger partial charge on any atom is 0.211 e. The zero-order chi connectivity index (χ0) is 9.61. The monoisotopic (exact) mass is 194 g/mol. The van der Waals surface area contributed by atoms with Crippen LogP contribution in [0.25, 0.3) is 0 Å². The SMILES string of the molecule is CCCS(=O)(=O)NCCN(C)C. The van der Waals surface area contributed by atoms with E-state index in [1.165, 1.54) is 0 Å². The summed E-state index contributed by atoms with van der Waals surface area (Å²) in [6.07, 6.45) is 0.664. The molecule has 0 unspecified atom stereocenters. The lowest BCUT2D eigenvalue weighted by Gasteiger charge is -2.10. The number of hydrogen-bond donors (Lipinski definition) is 1. The summed E-state index contributed by atoms with van der Waals surface area (Å²) in [6.45, 7) is 3.09. The Morgan fingerprint density at radius 2 is 1.92 bits per heavy atom. The molecule has 0 aliphatic carbocycles. The second kappa shape index (κ2) is 5.50. The highest BCUT2D eigenvalue weighted by Crippen LogP contribution is 1.87. The van der Waals surface area contributed by atoms with Gasteiger partial charge in [0.1, 0.15) is 0 Å². The molecule has 0 bridgehead atoms. The molecule has 5 heteroatoms. The Morgan fingerprint density at radius 3 is 2.33 bits per heavy atom. The Bertz CT molecular complexity index is 199. The summed E-state index contributed by atoms with van der Waals surface area (Å²) < 4.78 is 24.7. The minimum Gasteiger partial charge on any atom is -0.308 e. The molecular formula is C7H18N2O2S. The van der Waals surface area contributed by atoms with E-state index in [0.29, 0.717) is 13.0 Å². The third-order valence-corrected chi connectivity index (χ3v) is 2.94. The Balaban J connectivity index is 3.62. The van der Waals surface area contributed by atoms with Gasteiger partial charge in [-0.2, -0.15) is 0 Å². The summed E-state index contributed by atoms with van der Waals surface area (Å²) >= 11 is 0. The average Bonchev–Trinajstić information content (AvgIpc) is 1.85. The van der Waals surface area contributed by atoms with E-state index >= 15 is 0 Å². The fourth-order valence-corrected chi connectivity index (χ4v) is 1.85. The lowest BCUT2D eigenvalue weighted by molar-refractivity contribution is 0.412. The van der Waals surface area contributed by atoms with Gasteiger partial charge in [0, 0.05) is 13.1 Å². The fourth-order valence-electron chi connectivity index (χ4n) is 0.766. The van der Waals surface area contributed by atoms with Crippen LogP contribution in [-0.4, -0.2) is 46.3 Å². The van der Waals surface area contributed by atoms with Crippen molar-refractivity contribution in [3.05, 3.63) is 0 Å². The van der Waals surface area contributed by atoms with Crippen molar-refractivity contribution in [2.45, 2.75) is 13.3 Å². The second-order valence-corrected chi connectivity index (χ2v) is 4.94. The van der Waals surface area contributed by atoms with Crippen LogP contribution in [0.1, 0.15) is 13.3 Å². The summed E-state index contributed by atoms with van der Waals surface area (Å²) in [7, 11) is 0.818. The fraction of sp³-hybridized carbons (Fsp3) is 1.00. The van der Waals surface area contributed by atoms with Crippen molar-refractivity contribution in [2.24, 2.45) is 0 Å². The maximum absolute atomic E-state index is 11.1. The van der Waals surface area contributed by atoms with Gasteiger partial charge in [-0.05, 0) is 20.5 Å². The van der Waals surface area contributed by atoms with Gasteiger partial charge in [0.05, 0.1) is 5.75 Å². The van der Waals surface area contributed by atoms with Crippen LogP contribution in [0.3, 0.4) is 0 Å². The number of rotatable bonds is 6. The molecule has 0 radical (unpaired) electrons. The minimum atomic E-state index is -3.00. The van der Waals surface area contributed by atoms with Crippen molar-refractivity contribution in [2.75, 3.05) is 32.9 Å². The molecule has 0 spiro atoms.